The Kier molecular flexibility index (Phi) is 4.70. The first-order valence-electron chi connectivity index (χ1n) is 8.83. The van der Waals surface area contributed by atoms with Crippen LogP contribution in [-0.2, 0) is 13.0 Å². The predicted octanol–water partition coefficient (Wildman–Crippen LogP) is 3.43. The van der Waals surface area contributed by atoms with E-state index in [2.05, 4.69) is 27.4 Å². The average molecular weight is 360 g/mol. The Hall–Kier alpha value is -3.41. The second kappa shape index (κ2) is 7.45. The minimum atomic E-state index is -0.0790. The van der Waals surface area contributed by atoms with E-state index in [1.54, 1.807) is 19.4 Å². The number of fused-ring (bicyclic) bond motifs is 1. The summed E-state index contributed by atoms with van der Waals surface area (Å²) in [6.07, 6.45) is 2.47. The molecule has 1 aromatic heterocycles. The van der Waals surface area contributed by atoms with Crippen molar-refractivity contribution in [3.05, 3.63) is 77.6 Å². The predicted molar refractivity (Wildman–Crippen MR) is 103 cm³/mol. The van der Waals surface area contributed by atoms with E-state index in [9.17, 15) is 4.79 Å². The van der Waals surface area contributed by atoms with Crippen molar-refractivity contribution in [2.24, 2.45) is 0 Å². The van der Waals surface area contributed by atoms with Gasteiger partial charge in [0, 0.05) is 25.0 Å². The summed E-state index contributed by atoms with van der Waals surface area (Å²) in [6.45, 7) is 1.31. The first-order valence-corrected chi connectivity index (χ1v) is 8.83. The van der Waals surface area contributed by atoms with E-state index < -0.39 is 0 Å². The van der Waals surface area contributed by atoms with E-state index in [0.717, 1.165) is 17.9 Å². The Morgan fingerprint density at radius 3 is 2.63 bits per heavy atom. The fourth-order valence-corrected chi connectivity index (χ4v) is 3.17. The number of anilines is 2. The molecule has 2 heterocycles. The Morgan fingerprint density at radius 2 is 1.85 bits per heavy atom. The molecule has 0 saturated carbocycles. The van der Waals surface area contributed by atoms with Gasteiger partial charge in [-0.3, -0.25) is 4.79 Å². The van der Waals surface area contributed by atoms with E-state index >= 15 is 0 Å². The summed E-state index contributed by atoms with van der Waals surface area (Å²) in [7, 11) is 1.62. The summed E-state index contributed by atoms with van der Waals surface area (Å²) in [5.41, 5.74) is 3.72. The Morgan fingerprint density at radius 1 is 1.07 bits per heavy atom. The van der Waals surface area contributed by atoms with Gasteiger partial charge in [-0.05, 0) is 47.9 Å². The van der Waals surface area contributed by atoms with E-state index in [-0.39, 0.29) is 5.91 Å². The molecule has 6 heteroatoms. The lowest BCUT2D eigenvalue weighted by atomic mass is 10.00. The van der Waals surface area contributed by atoms with Crippen LogP contribution in [0.3, 0.4) is 0 Å². The lowest BCUT2D eigenvalue weighted by Gasteiger charge is -2.28. The molecule has 0 spiro atoms. The van der Waals surface area contributed by atoms with Crippen LogP contribution in [0.1, 0.15) is 21.6 Å². The van der Waals surface area contributed by atoms with Gasteiger partial charge in [0.1, 0.15) is 11.4 Å². The van der Waals surface area contributed by atoms with Crippen LogP contribution >= 0.6 is 0 Å². The van der Waals surface area contributed by atoms with Crippen molar-refractivity contribution in [3.63, 3.8) is 0 Å². The highest BCUT2D eigenvalue weighted by Gasteiger charge is 2.22. The number of nitrogens with zero attached hydrogens (tertiary/aromatic N) is 3. The van der Waals surface area contributed by atoms with Crippen molar-refractivity contribution in [1.29, 1.82) is 0 Å². The minimum Gasteiger partial charge on any atom is -0.497 e. The van der Waals surface area contributed by atoms with Gasteiger partial charge in [-0.15, -0.1) is 0 Å². The summed E-state index contributed by atoms with van der Waals surface area (Å²) in [5.74, 6) is 1.09. The maximum atomic E-state index is 12.9. The molecule has 1 aliphatic rings. The standard InChI is InChI=1S/C21H20N4O2/c1-27-18-8-6-17(7-9-18)23-21-22-12-10-19(24-21)20(26)25-13-11-15-4-2-3-5-16(15)14-25/h2-10,12H,11,13-14H2,1H3,(H,22,23,24). The molecule has 0 unspecified atom stereocenters. The third kappa shape index (κ3) is 3.74. The van der Waals surface area contributed by atoms with Gasteiger partial charge in [-0.25, -0.2) is 9.97 Å². The zero-order chi connectivity index (χ0) is 18.6. The van der Waals surface area contributed by atoms with Crippen LogP contribution in [-0.4, -0.2) is 34.4 Å². The molecule has 0 aliphatic carbocycles. The van der Waals surface area contributed by atoms with Crippen molar-refractivity contribution in [3.8, 4) is 5.75 Å². The molecule has 2 aromatic carbocycles. The van der Waals surface area contributed by atoms with Crippen LogP contribution in [0.15, 0.2) is 60.8 Å². The number of methoxy groups -OCH3 is 1. The van der Waals surface area contributed by atoms with Crippen LogP contribution in [0.4, 0.5) is 11.6 Å². The fraction of sp³-hybridized carbons (Fsp3) is 0.190. The van der Waals surface area contributed by atoms with Gasteiger partial charge in [0.15, 0.2) is 0 Å². The molecule has 1 N–H and O–H groups in total. The van der Waals surface area contributed by atoms with E-state index in [0.29, 0.717) is 24.7 Å². The molecule has 0 atom stereocenters. The maximum Gasteiger partial charge on any atom is 0.272 e. The number of amides is 1. The summed E-state index contributed by atoms with van der Waals surface area (Å²) >= 11 is 0. The molecular weight excluding hydrogens is 340 g/mol. The first-order chi connectivity index (χ1) is 13.2. The number of nitrogens with one attached hydrogen (secondary N) is 1. The molecule has 6 nitrogen and oxygen atoms in total. The SMILES string of the molecule is COc1ccc(Nc2nccc(C(=O)N3CCc4ccccc4C3)n2)cc1. The molecular formula is C21H20N4O2. The zero-order valence-corrected chi connectivity index (χ0v) is 15.1. The van der Waals surface area contributed by atoms with Crippen LogP contribution in [0.25, 0.3) is 0 Å². The maximum absolute atomic E-state index is 12.9. The zero-order valence-electron chi connectivity index (χ0n) is 15.1. The van der Waals surface area contributed by atoms with Crippen LogP contribution in [0.2, 0.25) is 0 Å². The number of carbonyl (C=O) groups excluding carboxylic acids is 1. The van der Waals surface area contributed by atoms with Gasteiger partial charge >= 0.3 is 0 Å². The average Bonchev–Trinajstić information content (AvgIpc) is 2.73. The molecule has 3 aromatic rings. The molecule has 136 valence electrons. The topological polar surface area (TPSA) is 67.3 Å². The Labute approximate surface area is 157 Å². The van der Waals surface area contributed by atoms with Crippen molar-refractivity contribution >= 4 is 17.5 Å². The number of hydrogen-bond acceptors (Lipinski definition) is 5. The number of hydrogen-bond donors (Lipinski definition) is 1. The molecule has 1 aliphatic heterocycles. The van der Waals surface area contributed by atoms with Gasteiger partial charge in [0.2, 0.25) is 5.95 Å². The van der Waals surface area contributed by atoms with Crippen LogP contribution in [0.5, 0.6) is 5.75 Å². The van der Waals surface area contributed by atoms with Gasteiger partial charge in [0.25, 0.3) is 5.91 Å². The molecule has 4 rings (SSSR count). The minimum absolute atomic E-state index is 0.0790. The monoisotopic (exact) mass is 360 g/mol. The lowest BCUT2D eigenvalue weighted by Crippen LogP contribution is -2.36. The molecule has 27 heavy (non-hydrogen) atoms. The van der Waals surface area contributed by atoms with Crippen molar-refractivity contribution in [2.75, 3.05) is 19.0 Å². The highest BCUT2D eigenvalue weighted by molar-refractivity contribution is 5.92. The van der Waals surface area contributed by atoms with E-state index in [1.165, 1.54) is 11.1 Å². The number of ether oxygens (including phenoxy) is 1. The van der Waals surface area contributed by atoms with Gasteiger partial charge in [0.05, 0.1) is 7.11 Å². The van der Waals surface area contributed by atoms with Crippen LogP contribution in [0, 0.1) is 0 Å². The summed E-state index contributed by atoms with van der Waals surface area (Å²) in [5, 5.41) is 3.12. The second-order valence-corrected chi connectivity index (χ2v) is 6.36. The molecule has 0 saturated heterocycles. The summed E-state index contributed by atoms with van der Waals surface area (Å²) in [4.78, 5) is 23.3. The van der Waals surface area contributed by atoms with Gasteiger partial charge in [-0.1, -0.05) is 24.3 Å². The molecule has 0 fully saturated rings. The van der Waals surface area contributed by atoms with E-state index in [1.807, 2.05) is 41.3 Å². The van der Waals surface area contributed by atoms with E-state index in [4.69, 9.17) is 4.74 Å². The number of benzene rings is 2. The quantitative estimate of drug-likeness (QED) is 0.772. The highest BCUT2D eigenvalue weighted by atomic mass is 16.5. The number of carbonyl (C=O) groups is 1. The number of rotatable bonds is 4. The third-order valence-corrected chi connectivity index (χ3v) is 4.64. The first kappa shape index (κ1) is 17.0. The lowest BCUT2D eigenvalue weighted by molar-refractivity contribution is 0.0728. The summed E-state index contributed by atoms with van der Waals surface area (Å²) in [6, 6.07) is 17.3. The van der Waals surface area contributed by atoms with Crippen molar-refractivity contribution in [1.82, 2.24) is 14.9 Å². The van der Waals surface area contributed by atoms with Gasteiger partial charge < -0.3 is 15.0 Å². The largest absolute Gasteiger partial charge is 0.497 e. The van der Waals surface area contributed by atoms with Gasteiger partial charge in [-0.2, -0.15) is 0 Å². The number of aromatic nitrogens is 2. The van der Waals surface area contributed by atoms with Crippen molar-refractivity contribution < 1.29 is 9.53 Å². The Bertz CT molecular complexity index is 956. The summed E-state index contributed by atoms with van der Waals surface area (Å²) < 4.78 is 5.15. The Balaban J connectivity index is 1.49. The second-order valence-electron chi connectivity index (χ2n) is 6.36. The third-order valence-electron chi connectivity index (χ3n) is 4.64. The smallest absolute Gasteiger partial charge is 0.272 e. The van der Waals surface area contributed by atoms with Crippen molar-refractivity contribution in [2.45, 2.75) is 13.0 Å². The normalized spacial score (nSPS) is 13.0. The highest BCUT2D eigenvalue weighted by Crippen LogP contribution is 2.21. The molecule has 1 amide bonds. The fourth-order valence-electron chi connectivity index (χ4n) is 3.17. The molecule has 0 radical (unpaired) electrons. The molecule has 0 bridgehead atoms. The van der Waals surface area contributed by atoms with Crippen LogP contribution < -0.4 is 10.1 Å².